The third kappa shape index (κ3) is 2.17. The molecule has 1 saturated heterocycles. The van der Waals surface area contributed by atoms with Gasteiger partial charge in [-0.1, -0.05) is 6.07 Å². The summed E-state index contributed by atoms with van der Waals surface area (Å²) in [7, 11) is 1.46. The molecule has 1 aromatic heterocycles. The van der Waals surface area contributed by atoms with Crippen LogP contribution in [0.25, 0.3) is 11.3 Å². The maximum Gasteiger partial charge on any atom is 0.190 e. The Balaban J connectivity index is 2.07. The number of methoxy groups -OCH3 is 1. The van der Waals surface area contributed by atoms with E-state index in [1.54, 1.807) is 0 Å². The summed E-state index contributed by atoms with van der Waals surface area (Å²) in [5.74, 6) is -2.53. The predicted molar refractivity (Wildman–Crippen MR) is 64.2 cm³/mol. The third-order valence-corrected chi connectivity index (χ3v) is 3.04. The van der Waals surface area contributed by atoms with E-state index in [1.807, 2.05) is 0 Å². The molecule has 0 bridgehead atoms. The first kappa shape index (κ1) is 13.1. The highest BCUT2D eigenvalue weighted by molar-refractivity contribution is 5.61. The highest BCUT2D eigenvalue weighted by Crippen LogP contribution is 2.39. The molecule has 1 aromatic carbocycles. The normalized spacial score (nSPS) is 21.0. The van der Waals surface area contributed by atoms with E-state index in [-0.39, 0.29) is 5.69 Å². The topological polar surface area (TPSA) is 34.6 Å². The van der Waals surface area contributed by atoms with E-state index in [4.69, 9.17) is 9.47 Å². The lowest BCUT2D eigenvalue weighted by Crippen LogP contribution is -2.00. The molecule has 0 saturated carbocycles. The van der Waals surface area contributed by atoms with Crippen molar-refractivity contribution in [2.45, 2.75) is 12.4 Å². The molecule has 2 unspecified atom stereocenters. The Morgan fingerprint density at radius 2 is 1.75 bits per heavy atom. The van der Waals surface area contributed by atoms with Crippen LogP contribution in [-0.2, 0) is 9.47 Å². The van der Waals surface area contributed by atoms with Gasteiger partial charge < -0.3 is 9.47 Å². The summed E-state index contributed by atoms with van der Waals surface area (Å²) in [4.78, 5) is 3.96. The number of halogens is 3. The van der Waals surface area contributed by atoms with Crippen molar-refractivity contribution >= 4 is 0 Å². The Morgan fingerprint density at radius 3 is 2.35 bits per heavy atom. The molecule has 3 nitrogen and oxygen atoms in total. The zero-order valence-electron chi connectivity index (χ0n) is 10.4. The lowest BCUT2D eigenvalue weighted by molar-refractivity contribution is 0.0950. The van der Waals surface area contributed by atoms with Crippen molar-refractivity contribution < 1.29 is 22.6 Å². The highest BCUT2D eigenvalue weighted by Gasteiger charge is 2.42. The highest BCUT2D eigenvalue weighted by atomic mass is 19.1. The largest absolute Gasteiger partial charge is 0.353 e. The fourth-order valence-corrected chi connectivity index (χ4v) is 2.00. The summed E-state index contributed by atoms with van der Waals surface area (Å²) < 4.78 is 51.3. The van der Waals surface area contributed by atoms with Crippen molar-refractivity contribution in [1.29, 1.82) is 0 Å². The minimum absolute atomic E-state index is 0.371. The molecule has 0 N–H and O–H groups in total. The van der Waals surface area contributed by atoms with Crippen LogP contribution in [0.3, 0.4) is 0 Å². The van der Waals surface area contributed by atoms with Gasteiger partial charge in [-0.15, -0.1) is 0 Å². The number of hydrogen-bond donors (Lipinski definition) is 0. The summed E-state index contributed by atoms with van der Waals surface area (Å²) >= 11 is 0. The molecule has 0 spiro atoms. The second kappa shape index (κ2) is 4.88. The van der Waals surface area contributed by atoms with E-state index in [1.165, 1.54) is 19.2 Å². The molecular weight excluding hydrogens is 271 g/mol. The number of benzene rings is 1. The van der Waals surface area contributed by atoms with Crippen molar-refractivity contribution in [2.75, 3.05) is 7.11 Å². The van der Waals surface area contributed by atoms with Crippen LogP contribution >= 0.6 is 0 Å². The fourth-order valence-electron chi connectivity index (χ4n) is 2.00. The molecule has 2 atom stereocenters. The lowest BCUT2D eigenvalue weighted by atomic mass is 10.1. The van der Waals surface area contributed by atoms with Gasteiger partial charge in [0.1, 0.15) is 23.1 Å². The Hall–Kier alpha value is -1.92. The van der Waals surface area contributed by atoms with Crippen LogP contribution < -0.4 is 0 Å². The van der Waals surface area contributed by atoms with Crippen LogP contribution in [0, 0.1) is 17.5 Å². The van der Waals surface area contributed by atoms with E-state index < -0.39 is 35.4 Å². The van der Waals surface area contributed by atoms with Crippen LogP contribution in [0.1, 0.15) is 11.8 Å². The van der Waals surface area contributed by atoms with Crippen LogP contribution in [0.15, 0.2) is 30.3 Å². The Morgan fingerprint density at radius 1 is 1.05 bits per heavy atom. The first-order valence-corrected chi connectivity index (χ1v) is 5.91. The predicted octanol–water partition coefficient (Wildman–Crippen LogP) is 3.21. The number of pyridine rings is 1. The van der Waals surface area contributed by atoms with Gasteiger partial charge in [-0.05, 0) is 24.3 Å². The average Bonchev–Trinajstić information content (AvgIpc) is 3.20. The summed E-state index contributed by atoms with van der Waals surface area (Å²) in [6, 6.07) is 5.83. The van der Waals surface area contributed by atoms with Crippen LogP contribution in [0.5, 0.6) is 0 Å². The van der Waals surface area contributed by atoms with E-state index in [9.17, 15) is 13.2 Å². The molecule has 1 fully saturated rings. The van der Waals surface area contributed by atoms with Gasteiger partial charge in [0.15, 0.2) is 12.4 Å². The molecule has 2 aromatic rings. The first-order chi connectivity index (χ1) is 9.61. The summed E-state index contributed by atoms with van der Waals surface area (Å²) in [5.41, 5.74) is -0.485. The quantitative estimate of drug-likeness (QED) is 0.810. The van der Waals surface area contributed by atoms with Gasteiger partial charge in [0, 0.05) is 7.11 Å². The molecule has 104 valence electrons. The van der Waals surface area contributed by atoms with E-state index in [0.29, 0.717) is 5.69 Å². The number of hydrogen-bond acceptors (Lipinski definition) is 3. The number of rotatable bonds is 3. The number of nitrogens with zero attached hydrogens (tertiary/aromatic N) is 1. The van der Waals surface area contributed by atoms with Crippen molar-refractivity contribution in [3.8, 4) is 11.3 Å². The molecule has 6 heteroatoms. The zero-order valence-corrected chi connectivity index (χ0v) is 10.4. The second-order valence-electron chi connectivity index (χ2n) is 4.32. The van der Waals surface area contributed by atoms with Gasteiger partial charge >= 0.3 is 0 Å². The molecule has 3 rings (SSSR count). The molecular formula is C14H10F3NO2. The molecule has 1 aliphatic heterocycles. The van der Waals surface area contributed by atoms with E-state index in [0.717, 1.165) is 18.2 Å². The van der Waals surface area contributed by atoms with Crippen LogP contribution in [-0.4, -0.2) is 18.4 Å². The number of epoxide rings is 1. The summed E-state index contributed by atoms with van der Waals surface area (Å²) in [5, 5.41) is 0. The van der Waals surface area contributed by atoms with Gasteiger partial charge in [-0.25, -0.2) is 18.2 Å². The van der Waals surface area contributed by atoms with Gasteiger partial charge in [-0.3, -0.25) is 0 Å². The van der Waals surface area contributed by atoms with Gasteiger partial charge in [0.05, 0.1) is 11.3 Å². The van der Waals surface area contributed by atoms with Crippen molar-refractivity contribution in [3.05, 3.63) is 53.5 Å². The van der Waals surface area contributed by atoms with Crippen molar-refractivity contribution in [3.63, 3.8) is 0 Å². The SMILES string of the molecule is COC1OC1c1ccc(F)c(-c2c(F)cccc2F)n1. The molecule has 20 heavy (non-hydrogen) atoms. The lowest BCUT2D eigenvalue weighted by Gasteiger charge is -2.07. The standard InChI is InChI=1S/C14H10F3NO2/c1-19-14-13(20-14)10-6-5-9(17)12(18-10)11-7(15)3-2-4-8(11)16/h2-6,13-14H,1H3. The monoisotopic (exact) mass is 281 g/mol. The molecule has 2 heterocycles. The smallest absolute Gasteiger partial charge is 0.190 e. The average molecular weight is 281 g/mol. The minimum atomic E-state index is -0.867. The third-order valence-electron chi connectivity index (χ3n) is 3.04. The van der Waals surface area contributed by atoms with Gasteiger partial charge in [0.2, 0.25) is 0 Å². The van der Waals surface area contributed by atoms with E-state index >= 15 is 0 Å². The minimum Gasteiger partial charge on any atom is -0.353 e. The Labute approximate surface area is 113 Å². The zero-order chi connectivity index (χ0) is 14.3. The summed E-state index contributed by atoms with van der Waals surface area (Å²) in [6.45, 7) is 0. The van der Waals surface area contributed by atoms with Gasteiger partial charge in [-0.2, -0.15) is 0 Å². The van der Waals surface area contributed by atoms with Crippen molar-refractivity contribution in [2.24, 2.45) is 0 Å². The Kier molecular flexibility index (Phi) is 3.19. The number of ether oxygens (including phenoxy) is 2. The summed E-state index contributed by atoms with van der Waals surface area (Å²) in [6.07, 6.45) is -0.888. The molecule has 0 amide bonds. The molecule has 0 radical (unpaired) electrons. The van der Waals surface area contributed by atoms with Crippen LogP contribution in [0.2, 0.25) is 0 Å². The fraction of sp³-hybridized carbons (Fsp3) is 0.214. The van der Waals surface area contributed by atoms with Crippen molar-refractivity contribution in [1.82, 2.24) is 4.98 Å². The maximum atomic E-state index is 13.8. The molecule has 0 aliphatic carbocycles. The van der Waals surface area contributed by atoms with Crippen LogP contribution in [0.4, 0.5) is 13.2 Å². The first-order valence-electron chi connectivity index (χ1n) is 5.91. The molecule has 1 aliphatic rings. The second-order valence-corrected chi connectivity index (χ2v) is 4.32. The Bertz CT molecular complexity index is 643. The number of aromatic nitrogens is 1. The maximum absolute atomic E-state index is 13.8. The van der Waals surface area contributed by atoms with Gasteiger partial charge in [0.25, 0.3) is 0 Å². The van der Waals surface area contributed by atoms with E-state index in [2.05, 4.69) is 4.98 Å².